The molecule has 1 saturated heterocycles. The van der Waals surface area contributed by atoms with Crippen molar-refractivity contribution in [2.24, 2.45) is 5.92 Å². The molecule has 3 amide bonds. The van der Waals surface area contributed by atoms with Crippen LogP contribution < -0.4 is 9.47 Å². The van der Waals surface area contributed by atoms with Gasteiger partial charge in [0, 0.05) is 13.1 Å². The molecule has 2 aromatic carbocycles. The van der Waals surface area contributed by atoms with Gasteiger partial charge in [0.25, 0.3) is 11.1 Å². The molecule has 0 bridgehead atoms. The molecular weight excluding hydrogens is 464 g/mol. The van der Waals surface area contributed by atoms with Gasteiger partial charge in [-0.2, -0.15) is 0 Å². The SMILES string of the molecule is CCOc1cc(/C=C2\SC(=O)N(CC(=O)N3CCc4ccccc4C3)C2=O)ccc1OCC(C)C. The van der Waals surface area contributed by atoms with Crippen LogP contribution in [0, 0.1) is 5.92 Å². The molecule has 7 nitrogen and oxygen atoms in total. The summed E-state index contributed by atoms with van der Waals surface area (Å²) in [5.41, 5.74) is 3.06. The van der Waals surface area contributed by atoms with E-state index < -0.39 is 11.1 Å². The van der Waals surface area contributed by atoms with E-state index >= 15 is 0 Å². The van der Waals surface area contributed by atoms with E-state index in [0.717, 1.165) is 34.2 Å². The molecule has 2 aromatic rings. The zero-order valence-corrected chi connectivity index (χ0v) is 21.1. The van der Waals surface area contributed by atoms with Crippen molar-refractivity contribution in [1.82, 2.24) is 9.80 Å². The topological polar surface area (TPSA) is 76.2 Å². The fraction of sp³-hybridized carbons (Fsp3) is 0.370. The average molecular weight is 495 g/mol. The lowest BCUT2D eigenvalue weighted by Gasteiger charge is -2.29. The lowest BCUT2D eigenvalue weighted by Crippen LogP contribution is -2.44. The number of ether oxygens (including phenoxy) is 2. The molecule has 0 aliphatic carbocycles. The van der Waals surface area contributed by atoms with Gasteiger partial charge in [-0.1, -0.05) is 44.2 Å². The number of hydrogen-bond acceptors (Lipinski definition) is 6. The molecule has 35 heavy (non-hydrogen) atoms. The Morgan fingerprint density at radius 2 is 1.86 bits per heavy atom. The normalized spacial score (nSPS) is 16.7. The van der Waals surface area contributed by atoms with Crippen molar-refractivity contribution in [3.05, 3.63) is 64.1 Å². The van der Waals surface area contributed by atoms with Crippen LogP contribution in [-0.4, -0.2) is 53.2 Å². The number of carbonyl (C=O) groups excluding carboxylic acids is 3. The molecule has 8 heteroatoms. The lowest BCUT2D eigenvalue weighted by atomic mass is 10.00. The molecule has 2 heterocycles. The summed E-state index contributed by atoms with van der Waals surface area (Å²) in [7, 11) is 0. The third-order valence-electron chi connectivity index (χ3n) is 5.79. The summed E-state index contributed by atoms with van der Waals surface area (Å²) in [5.74, 6) is 0.913. The van der Waals surface area contributed by atoms with Crippen molar-refractivity contribution < 1.29 is 23.9 Å². The molecule has 0 radical (unpaired) electrons. The average Bonchev–Trinajstić information content (AvgIpc) is 3.10. The van der Waals surface area contributed by atoms with Gasteiger partial charge >= 0.3 is 0 Å². The molecule has 1 fully saturated rings. The van der Waals surface area contributed by atoms with Gasteiger partial charge in [-0.3, -0.25) is 19.3 Å². The third-order valence-corrected chi connectivity index (χ3v) is 6.70. The Hall–Kier alpha value is -3.26. The second-order valence-corrected chi connectivity index (χ2v) is 9.94. The number of hydrogen-bond donors (Lipinski definition) is 0. The molecule has 0 unspecified atom stereocenters. The summed E-state index contributed by atoms with van der Waals surface area (Å²) in [6.07, 6.45) is 2.42. The highest BCUT2D eigenvalue weighted by Crippen LogP contribution is 2.35. The molecule has 184 valence electrons. The zero-order chi connectivity index (χ0) is 24.9. The first-order valence-electron chi connectivity index (χ1n) is 11.8. The van der Waals surface area contributed by atoms with Crippen molar-refractivity contribution in [1.29, 1.82) is 0 Å². The monoisotopic (exact) mass is 494 g/mol. The van der Waals surface area contributed by atoms with Crippen LogP contribution in [0.25, 0.3) is 6.08 Å². The van der Waals surface area contributed by atoms with Crippen LogP contribution in [0.15, 0.2) is 47.4 Å². The smallest absolute Gasteiger partial charge is 0.294 e. The van der Waals surface area contributed by atoms with Gasteiger partial charge < -0.3 is 14.4 Å². The van der Waals surface area contributed by atoms with Gasteiger partial charge in [0.05, 0.1) is 18.1 Å². The number of rotatable bonds is 8. The number of thioether (sulfide) groups is 1. The molecule has 0 atom stereocenters. The minimum Gasteiger partial charge on any atom is -0.490 e. The fourth-order valence-corrected chi connectivity index (χ4v) is 4.83. The molecule has 2 aliphatic heterocycles. The summed E-state index contributed by atoms with van der Waals surface area (Å²) < 4.78 is 11.5. The van der Waals surface area contributed by atoms with Crippen molar-refractivity contribution in [3.8, 4) is 11.5 Å². The summed E-state index contributed by atoms with van der Waals surface area (Å²) in [5, 5.41) is -0.436. The van der Waals surface area contributed by atoms with Crippen molar-refractivity contribution in [2.75, 3.05) is 26.3 Å². The quantitative estimate of drug-likeness (QED) is 0.494. The third kappa shape index (κ3) is 5.88. The maximum Gasteiger partial charge on any atom is 0.294 e. The van der Waals surface area contributed by atoms with Crippen LogP contribution in [0.1, 0.15) is 37.5 Å². The van der Waals surface area contributed by atoms with Crippen molar-refractivity contribution in [2.45, 2.75) is 33.7 Å². The highest BCUT2D eigenvalue weighted by Gasteiger charge is 2.37. The molecular formula is C27H30N2O5S. The number of nitrogens with zero attached hydrogens (tertiary/aromatic N) is 2. The van der Waals surface area contributed by atoms with E-state index in [1.54, 1.807) is 23.1 Å². The first kappa shape index (κ1) is 24.9. The first-order valence-corrected chi connectivity index (χ1v) is 12.7. The van der Waals surface area contributed by atoms with Gasteiger partial charge in [-0.15, -0.1) is 0 Å². The summed E-state index contributed by atoms with van der Waals surface area (Å²) in [6, 6.07) is 13.4. The maximum atomic E-state index is 13.0. The number of carbonyl (C=O) groups is 3. The van der Waals surface area contributed by atoms with Crippen LogP contribution in [0.5, 0.6) is 11.5 Å². The van der Waals surface area contributed by atoms with Crippen LogP contribution in [0.3, 0.4) is 0 Å². The predicted molar refractivity (Wildman–Crippen MR) is 136 cm³/mol. The highest BCUT2D eigenvalue weighted by atomic mass is 32.2. The Morgan fingerprint density at radius 3 is 2.60 bits per heavy atom. The molecule has 0 spiro atoms. The Morgan fingerprint density at radius 1 is 1.09 bits per heavy atom. The van der Waals surface area contributed by atoms with Crippen LogP contribution in [0.4, 0.5) is 4.79 Å². The van der Waals surface area contributed by atoms with Crippen LogP contribution in [0.2, 0.25) is 0 Å². The van der Waals surface area contributed by atoms with Gasteiger partial charge in [-0.05, 0) is 65.9 Å². The summed E-state index contributed by atoms with van der Waals surface area (Å²) in [4.78, 5) is 41.5. The van der Waals surface area contributed by atoms with Gasteiger partial charge in [0.2, 0.25) is 5.91 Å². The van der Waals surface area contributed by atoms with E-state index in [-0.39, 0.29) is 17.4 Å². The van der Waals surface area contributed by atoms with E-state index in [0.29, 0.717) is 43.7 Å². The van der Waals surface area contributed by atoms with E-state index in [1.165, 1.54) is 5.56 Å². The largest absolute Gasteiger partial charge is 0.490 e. The van der Waals surface area contributed by atoms with E-state index in [4.69, 9.17) is 9.47 Å². The lowest BCUT2D eigenvalue weighted by molar-refractivity contribution is -0.136. The van der Waals surface area contributed by atoms with Crippen LogP contribution >= 0.6 is 11.8 Å². The van der Waals surface area contributed by atoms with Crippen molar-refractivity contribution in [3.63, 3.8) is 0 Å². The number of fused-ring (bicyclic) bond motifs is 1. The van der Waals surface area contributed by atoms with E-state index in [1.807, 2.05) is 31.2 Å². The second kappa shape index (κ2) is 11.0. The zero-order valence-electron chi connectivity index (χ0n) is 20.3. The Balaban J connectivity index is 1.45. The molecule has 0 N–H and O–H groups in total. The fourth-order valence-electron chi connectivity index (χ4n) is 3.99. The van der Waals surface area contributed by atoms with E-state index in [2.05, 4.69) is 19.9 Å². The van der Waals surface area contributed by atoms with Gasteiger partial charge in [0.15, 0.2) is 11.5 Å². The number of amides is 3. The standard InChI is InChI=1S/C27H30N2O5S/c1-4-33-23-13-19(9-10-22(23)34-17-18(2)3)14-24-26(31)29(27(32)35-24)16-25(30)28-12-11-20-7-5-6-8-21(20)15-28/h5-10,13-14,18H,4,11-12,15-17H2,1-3H3/b24-14-. The Labute approximate surface area is 210 Å². The van der Waals surface area contributed by atoms with Gasteiger partial charge in [-0.25, -0.2) is 0 Å². The molecule has 2 aliphatic rings. The summed E-state index contributed by atoms with van der Waals surface area (Å²) in [6.45, 7) is 7.88. The first-order chi connectivity index (χ1) is 16.9. The molecule has 0 saturated carbocycles. The minimum atomic E-state index is -0.455. The Bertz CT molecular complexity index is 1160. The van der Waals surface area contributed by atoms with E-state index in [9.17, 15) is 14.4 Å². The van der Waals surface area contributed by atoms with Crippen LogP contribution in [-0.2, 0) is 22.6 Å². The van der Waals surface area contributed by atoms with Crippen molar-refractivity contribution >= 4 is 34.9 Å². The predicted octanol–water partition coefficient (Wildman–Crippen LogP) is 4.74. The number of benzene rings is 2. The number of imide groups is 1. The Kier molecular flexibility index (Phi) is 7.80. The molecule has 4 rings (SSSR count). The maximum absolute atomic E-state index is 13.0. The minimum absolute atomic E-state index is 0.228. The summed E-state index contributed by atoms with van der Waals surface area (Å²) >= 11 is 0.847. The van der Waals surface area contributed by atoms with Gasteiger partial charge in [0.1, 0.15) is 6.54 Å². The highest BCUT2D eigenvalue weighted by molar-refractivity contribution is 8.18. The molecule has 0 aromatic heterocycles. The second-order valence-electron chi connectivity index (χ2n) is 8.95.